The van der Waals surface area contributed by atoms with Crippen molar-refractivity contribution in [2.24, 2.45) is 5.73 Å². The van der Waals surface area contributed by atoms with Crippen molar-refractivity contribution in [2.75, 3.05) is 26.2 Å². The van der Waals surface area contributed by atoms with Crippen molar-refractivity contribution < 1.29 is 29.0 Å². The Kier molecular flexibility index (Phi) is 5.57. The number of hydrogen-bond donors (Lipinski definition) is 2. The van der Waals surface area contributed by atoms with Gasteiger partial charge in [0.15, 0.2) is 0 Å². The largest absolute Gasteiger partial charge is 0.477 e. The van der Waals surface area contributed by atoms with Crippen molar-refractivity contribution in [1.82, 2.24) is 14.7 Å². The van der Waals surface area contributed by atoms with Crippen LogP contribution in [0.2, 0.25) is 0 Å². The maximum Gasteiger partial charge on any atom is 0.410 e. The molecule has 4 heterocycles. The monoisotopic (exact) mass is 430 g/mol. The topological polar surface area (TPSA) is 133 Å². The molecule has 10 nitrogen and oxygen atoms in total. The van der Waals surface area contributed by atoms with Gasteiger partial charge in [-0.1, -0.05) is 12.7 Å². The second kappa shape index (κ2) is 8.18. The quantitative estimate of drug-likeness (QED) is 0.362. The summed E-state index contributed by atoms with van der Waals surface area (Å²) in [6, 6.07) is -1.05. The van der Waals surface area contributed by atoms with Gasteiger partial charge >= 0.3 is 12.1 Å². The summed E-state index contributed by atoms with van der Waals surface area (Å²) < 4.78 is 5.06. The van der Waals surface area contributed by atoms with E-state index < -0.39 is 24.0 Å². The molecule has 3 N–H and O–H groups in total. The van der Waals surface area contributed by atoms with Gasteiger partial charge in [0.2, 0.25) is 11.8 Å². The first kappa shape index (κ1) is 21.1. The average molecular weight is 430 g/mol. The predicted molar refractivity (Wildman–Crippen MR) is 108 cm³/mol. The van der Waals surface area contributed by atoms with E-state index in [0.717, 1.165) is 0 Å². The van der Waals surface area contributed by atoms with E-state index in [-0.39, 0.29) is 30.3 Å². The number of fused-ring (bicyclic) bond motifs is 1. The molecule has 0 spiro atoms. The number of hydrogen-bond acceptors (Lipinski definition) is 6. The van der Waals surface area contributed by atoms with Crippen molar-refractivity contribution in [2.45, 2.75) is 43.8 Å². The Hall–Kier alpha value is -3.14. The molecule has 166 valence electrons. The lowest BCUT2D eigenvalue weighted by molar-refractivity contribution is -0.152. The number of allylic oxidation sites excluding steroid dienone is 2. The molecular weight excluding hydrogens is 404 g/mol. The lowest BCUT2D eigenvalue weighted by atomic mass is 9.83. The summed E-state index contributed by atoms with van der Waals surface area (Å²) in [5, 5.41) is 9.67. The maximum atomic E-state index is 13.0. The number of carbonyl (C=O) groups excluding carboxylic acids is 3. The number of carboxylic acids is 1. The summed E-state index contributed by atoms with van der Waals surface area (Å²) in [5.74, 6) is -1.74. The molecule has 0 aromatic heterocycles. The van der Waals surface area contributed by atoms with Crippen LogP contribution in [-0.4, -0.2) is 88.0 Å². The van der Waals surface area contributed by atoms with E-state index in [1.54, 1.807) is 15.9 Å². The molecule has 4 rings (SSSR count). The summed E-state index contributed by atoms with van der Waals surface area (Å²) in [6.45, 7) is 5.08. The minimum Gasteiger partial charge on any atom is -0.477 e. The van der Waals surface area contributed by atoms with Crippen molar-refractivity contribution in [3.8, 4) is 0 Å². The van der Waals surface area contributed by atoms with Crippen LogP contribution in [0.3, 0.4) is 0 Å². The summed E-state index contributed by atoms with van der Waals surface area (Å²) in [7, 11) is 0. The van der Waals surface area contributed by atoms with Crippen LogP contribution in [0.1, 0.15) is 25.7 Å². The summed E-state index contributed by atoms with van der Waals surface area (Å²) >= 11 is 0. The Morgan fingerprint density at radius 3 is 2.71 bits per heavy atom. The zero-order valence-corrected chi connectivity index (χ0v) is 17.2. The van der Waals surface area contributed by atoms with Crippen LogP contribution in [-0.2, 0) is 19.1 Å². The predicted octanol–water partition coefficient (Wildman–Crippen LogP) is 0.213. The highest BCUT2D eigenvalue weighted by molar-refractivity contribution is 6.01. The van der Waals surface area contributed by atoms with Crippen LogP contribution >= 0.6 is 0 Å². The first-order chi connectivity index (χ1) is 14.8. The number of nitrogens with two attached hydrogens (primary N) is 1. The van der Waals surface area contributed by atoms with Crippen molar-refractivity contribution in [3.63, 3.8) is 0 Å². The van der Waals surface area contributed by atoms with E-state index in [2.05, 4.69) is 6.58 Å². The highest BCUT2D eigenvalue weighted by Gasteiger charge is 2.51. The van der Waals surface area contributed by atoms with Gasteiger partial charge in [0.1, 0.15) is 18.3 Å². The van der Waals surface area contributed by atoms with E-state index in [9.17, 15) is 24.3 Å². The van der Waals surface area contributed by atoms with E-state index in [1.807, 2.05) is 0 Å². The molecule has 31 heavy (non-hydrogen) atoms. The van der Waals surface area contributed by atoms with Crippen LogP contribution in [0, 0.1) is 0 Å². The Morgan fingerprint density at radius 2 is 2.00 bits per heavy atom. The molecule has 0 aromatic carbocycles. The molecule has 0 saturated carbocycles. The van der Waals surface area contributed by atoms with Gasteiger partial charge in [-0.15, -0.1) is 0 Å². The van der Waals surface area contributed by atoms with Crippen LogP contribution in [0.4, 0.5) is 4.79 Å². The van der Waals surface area contributed by atoms with Gasteiger partial charge < -0.3 is 25.4 Å². The van der Waals surface area contributed by atoms with E-state index in [4.69, 9.17) is 10.5 Å². The number of rotatable bonds is 5. The van der Waals surface area contributed by atoms with Crippen molar-refractivity contribution in [1.29, 1.82) is 0 Å². The highest BCUT2D eigenvalue weighted by atomic mass is 16.6. The molecular formula is C21H26N4O6. The number of likely N-dealkylation sites (tertiary alicyclic amines) is 2. The fraction of sp³-hybridized carbons (Fsp3) is 0.524. The van der Waals surface area contributed by atoms with Crippen LogP contribution in [0.25, 0.3) is 0 Å². The second-order valence-electron chi connectivity index (χ2n) is 8.19. The molecule has 3 amide bonds. The van der Waals surface area contributed by atoms with E-state index >= 15 is 0 Å². The molecule has 0 radical (unpaired) electrons. The van der Waals surface area contributed by atoms with E-state index in [0.29, 0.717) is 56.5 Å². The normalized spacial score (nSPS) is 29.4. The third-order valence-electron chi connectivity index (χ3n) is 6.42. The van der Waals surface area contributed by atoms with Crippen LogP contribution in [0.15, 0.2) is 35.6 Å². The van der Waals surface area contributed by atoms with Gasteiger partial charge in [0, 0.05) is 25.2 Å². The summed E-state index contributed by atoms with van der Waals surface area (Å²) in [4.78, 5) is 53.5. The zero-order chi connectivity index (χ0) is 22.3. The molecule has 0 aliphatic carbocycles. The number of ether oxygens (including phenoxy) is 1. The lowest BCUT2D eigenvalue weighted by Gasteiger charge is -2.48. The van der Waals surface area contributed by atoms with Gasteiger partial charge in [-0.25, -0.2) is 9.59 Å². The number of aliphatic carboxylic acids is 1. The zero-order valence-electron chi connectivity index (χ0n) is 17.2. The average Bonchev–Trinajstić information content (AvgIpc) is 3.38. The molecule has 4 aliphatic rings. The fourth-order valence-electron chi connectivity index (χ4n) is 4.82. The molecule has 0 bridgehead atoms. The Labute approximate surface area is 179 Å². The first-order valence-electron chi connectivity index (χ1n) is 10.4. The lowest BCUT2D eigenvalue weighted by Crippen LogP contribution is -2.69. The fourth-order valence-corrected chi connectivity index (χ4v) is 4.82. The molecule has 3 fully saturated rings. The van der Waals surface area contributed by atoms with Gasteiger partial charge in [-0.2, -0.15) is 0 Å². The smallest absolute Gasteiger partial charge is 0.410 e. The maximum absolute atomic E-state index is 13.0. The third kappa shape index (κ3) is 3.60. The standard InChI is InChI=1S/C21H26N4O6/c1-2-9-31-21(30)23-7-6-14(11-23)24-8-5-13(18(24)26)10-12-3-4-15-16(22)19(27)25(15)17(12)20(28)29/h2,10,14-16H,1,3-9,11,22H2,(H,28,29)/b13-10+/t14-,15?,16?/m1/s1. The SMILES string of the molecule is C=CCOC(=O)N1CC[C@@H](N2CC/C(=C\C3=C(C(=O)O)N4C(=O)C(N)C4CC3)C2=O)C1. The van der Waals surface area contributed by atoms with Gasteiger partial charge in [-0.05, 0) is 37.3 Å². The first-order valence-corrected chi connectivity index (χ1v) is 10.4. The molecule has 3 atom stereocenters. The van der Waals surface area contributed by atoms with Crippen LogP contribution < -0.4 is 5.73 Å². The van der Waals surface area contributed by atoms with Crippen LogP contribution in [0.5, 0.6) is 0 Å². The van der Waals surface area contributed by atoms with Gasteiger partial charge in [0.05, 0.1) is 12.1 Å². The van der Waals surface area contributed by atoms with Crippen molar-refractivity contribution >= 4 is 23.9 Å². The molecule has 0 aromatic rings. The third-order valence-corrected chi connectivity index (χ3v) is 6.42. The minimum atomic E-state index is -1.19. The van der Waals surface area contributed by atoms with Gasteiger partial charge in [-0.3, -0.25) is 14.5 Å². The van der Waals surface area contributed by atoms with E-state index in [1.165, 1.54) is 11.0 Å². The second-order valence-corrected chi connectivity index (χ2v) is 8.19. The Morgan fingerprint density at radius 1 is 1.23 bits per heavy atom. The number of β-lactam (4-membered cyclic amide) rings is 1. The molecule has 4 aliphatic heterocycles. The number of nitrogens with zero attached hydrogens (tertiary/aromatic N) is 3. The minimum absolute atomic E-state index is 0.0706. The number of amides is 3. The summed E-state index contributed by atoms with van der Waals surface area (Å²) in [5.41, 5.74) is 6.73. The molecule has 10 heteroatoms. The van der Waals surface area contributed by atoms with Gasteiger partial charge in [0.25, 0.3) is 0 Å². The molecule has 2 unspecified atom stereocenters. The van der Waals surface area contributed by atoms with Crippen molar-refractivity contribution in [3.05, 3.63) is 35.6 Å². The highest BCUT2D eigenvalue weighted by Crippen LogP contribution is 2.37. The Bertz CT molecular complexity index is 910. The number of carboxylic acid groups (broad SMARTS) is 1. The number of carbonyl (C=O) groups is 4. The summed E-state index contributed by atoms with van der Waals surface area (Å²) in [6.07, 6.45) is 4.88. The molecule has 3 saturated heterocycles. The Balaban J connectivity index is 1.48.